The summed E-state index contributed by atoms with van der Waals surface area (Å²) in [7, 11) is 0. The number of amides is 2. The smallest absolute Gasteiger partial charge is 0.315 e. The molecule has 2 amide bonds. The fourth-order valence-corrected chi connectivity index (χ4v) is 2.44. The van der Waals surface area contributed by atoms with Crippen molar-refractivity contribution < 1.29 is 4.79 Å². The molecular weight excluding hydrogens is 316 g/mol. The first-order chi connectivity index (χ1) is 12.1. The van der Waals surface area contributed by atoms with Crippen LogP contribution in [-0.2, 0) is 13.1 Å². The third-order valence-corrected chi connectivity index (χ3v) is 3.69. The van der Waals surface area contributed by atoms with E-state index >= 15 is 0 Å². The van der Waals surface area contributed by atoms with Gasteiger partial charge in [-0.1, -0.05) is 6.07 Å². The minimum atomic E-state index is -0.223. The van der Waals surface area contributed by atoms with Crippen LogP contribution in [0.4, 0.5) is 4.79 Å². The van der Waals surface area contributed by atoms with Crippen LogP contribution in [0.3, 0.4) is 0 Å². The maximum absolute atomic E-state index is 11.9. The first kappa shape index (κ1) is 16.6. The first-order valence-electron chi connectivity index (χ1n) is 8.01. The van der Waals surface area contributed by atoms with E-state index in [0.717, 1.165) is 28.3 Å². The number of carbonyl (C=O) groups excluding carboxylic acids is 1. The highest BCUT2D eigenvalue weighted by molar-refractivity contribution is 5.73. The minimum Gasteiger partial charge on any atom is -0.334 e. The van der Waals surface area contributed by atoms with Crippen LogP contribution in [0.5, 0.6) is 0 Å². The summed E-state index contributed by atoms with van der Waals surface area (Å²) in [5.74, 6) is 0.761. The van der Waals surface area contributed by atoms with E-state index in [1.54, 1.807) is 23.3 Å². The lowest BCUT2D eigenvalue weighted by molar-refractivity contribution is 0.240. The van der Waals surface area contributed by atoms with Gasteiger partial charge in [0.1, 0.15) is 0 Å². The number of aromatic nitrogens is 4. The number of aryl methyl sites for hydroxylation is 2. The van der Waals surface area contributed by atoms with E-state index in [4.69, 9.17) is 0 Å². The Hall–Kier alpha value is -3.22. The Balaban J connectivity index is 1.51. The van der Waals surface area contributed by atoms with Gasteiger partial charge in [0.2, 0.25) is 0 Å². The molecular formula is C18H20N6O. The number of rotatable bonds is 5. The third-order valence-electron chi connectivity index (χ3n) is 3.69. The minimum absolute atomic E-state index is 0.223. The maximum Gasteiger partial charge on any atom is 0.315 e. The van der Waals surface area contributed by atoms with Crippen molar-refractivity contribution in [2.45, 2.75) is 26.9 Å². The van der Waals surface area contributed by atoms with Gasteiger partial charge in [-0.25, -0.2) is 14.5 Å². The Morgan fingerprint density at radius 1 is 1.04 bits per heavy atom. The van der Waals surface area contributed by atoms with Gasteiger partial charge in [-0.05, 0) is 49.2 Å². The molecule has 0 unspecified atom stereocenters. The topological polar surface area (TPSA) is 84.7 Å². The predicted octanol–water partition coefficient (Wildman–Crippen LogP) is 2.28. The molecule has 0 aliphatic rings. The SMILES string of the molecule is Cc1cc(C)n(-c2ccc(CNC(=O)NCc3ccncc3)cn2)n1. The lowest BCUT2D eigenvalue weighted by Crippen LogP contribution is -2.34. The van der Waals surface area contributed by atoms with E-state index in [1.165, 1.54) is 0 Å². The fraction of sp³-hybridized carbons (Fsp3) is 0.222. The molecule has 3 heterocycles. The van der Waals surface area contributed by atoms with Gasteiger partial charge in [-0.3, -0.25) is 4.98 Å². The molecule has 0 saturated heterocycles. The van der Waals surface area contributed by atoms with Crippen LogP contribution in [0.2, 0.25) is 0 Å². The van der Waals surface area contributed by atoms with Gasteiger partial charge in [-0.15, -0.1) is 0 Å². The third kappa shape index (κ3) is 4.41. The van der Waals surface area contributed by atoms with E-state index in [-0.39, 0.29) is 6.03 Å². The molecule has 0 aliphatic carbocycles. The summed E-state index contributed by atoms with van der Waals surface area (Å²) in [6.45, 7) is 4.81. The second kappa shape index (κ2) is 7.57. The summed E-state index contributed by atoms with van der Waals surface area (Å²) in [6, 6.07) is 9.33. The summed E-state index contributed by atoms with van der Waals surface area (Å²) >= 11 is 0. The normalized spacial score (nSPS) is 10.5. The largest absolute Gasteiger partial charge is 0.334 e. The molecule has 7 heteroatoms. The molecule has 0 bridgehead atoms. The molecule has 0 spiro atoms. The van der Waals surface area contributed by atoms with E-state index in [2.05, 4.69) is 25.7 Å². The van der Waals surface area contributed by atoms with Gasteiger partial charge in [0.05, 0.1) is 5.69 Å². The van der Waals surface area contributed by atoms with Crippen molar-refractivity contribution >= 4 is 6.03 Å². The van der Waals surface area contributed by atoms with Crippen LogP contribution in [-0.4, -0.2) is 25.8 Å². The van der Waals surface area contributed by atoms with Gasteiger partial charge < -0.3 is 10.6 Å². The molecule has 0 aromatic carbocycles. The Morgan fingerprint density at radius 3 is 2.36 bits per heavy atom. The Labute approximate surface area is 146 Å². The van der Waals surface area contributed by atoms with Crippen molar-refractivity contribution in [3.63, 3.8) is 0 Å². The molecule has 3 aromatic rings. The van der Waals surface area contributed by atoms with Gasteiger partial charge in [0.15, 0.2) is 5.82 Å². The van der Waals surface area contributed by atoms with Crippen LogP contribution < -0.4 is 10.6 Å². The van der Waals surface area contributed by atoms with Gasteiger partial charge >= 0.3 is 6.03 Å². The Morgan fingerprint density at radius 2 is 1.76 bits per heavy atom. The van der Waals surface area contributed by atoms with Crippen LogP contribution in [0.1, 0.15) is 22.5 Å². The second-order valence-corrected chi connectivity index (χ2v) is 5.76. The van der Waals surface area contributed by atoms with Gasteiger partial charge in [0, 0.05) is 37.4 Å². The lowest BCUT2D eigenvalue weighted by Gasteiger charge is -2.08. The summed E-state index contributed by atoms with van der Waals surface area (Å²) in [6.07, 6.45) is 5.14. The number of carbonyl (C=O) groups is 1. The van der Waals surface area contributed by atoms with Gasteiger partial charge in [0.25, 0.3) is 0 Å². The zero-order chi connectivity index (χ0) is 17.6. The summed E-state index contributed by atoms with van der Waals surface area (Å²) in [5, 5.41) is 10.0. The van der Waals surface area contributed by atoms with Gasteiger partial charge in [-0.2, -0.15) is 5.10 Å². The number of hydrogen-bond donors (Lipinski definition) is 2. The number of nitrogens with zero attached hydrogens (tertiary/aromatic N) is 4. The molecule has 0 radical (unpaired) electrons. The molecule has 7 nitrogen and oxygen atoms in total. The molecule has 0 fully saturated rings. The highest BCUT2D eigenvalue weighted by atomic mass is 16.2. The van der Waals surface area contributed by atoms with Crippen molar-refractivity contribution in [2.75, 3.05) is 0 Å². The standard InChI is InChI=1S/C18H20N6O/c1-13-9-14(2)24(23-13)17-4-3-16(11-20-17)12-22-18(25)21-10-15-5-7-19-8-6-15/h3-9,11H,10,12H2,1-2H3,(H2,21,22,25). The van der Waals surface area contributed by atoms with E-state index in [9.17, 15) is 4.79 Å². The zero-order valence-corrected chi connectivity index (χ0v) is 14.2. The van der Waals surface area contributed by atoms with Crippen LogP contribution in [0, 0.1) is 13.8 Å². The highest BCUT2D eigenvalue weighted by Gasteiger charge is 2.06. The van der Waals surface area contributed by atoms with E-state index in [1.807, 2.05) is 44.2 Å². The predicted molar refractivity (Wildman–Crippen MR) is 94.1 cm³/mol. The monoisotopic (exact) mass is 336 g/mol. The van der Waals surface area contributed by atoms with Crippen LogP contribution in [0.15, 0.2) is 48.9 Å². The molecule has 3 rings (SSSR count). The van der Waals surface area contributed by atoms with E-state index in [0.29, 0.717) is 13.1 Å². The number of pyridine rings is 2. The van der Waals surface area contributed by atoms with Crippen molar-refractivity contribution in [1.29, 1.82) is 0 Å². The summed E-state index contributed by atoms with van der Waals surface area (Å²) < 4.78 is 1.80. The van der Waals surface area contributed by atoms with Crippen molar-refractivity contribution in [1.82, 2.24) is 30.4 Å². The Bertz CT molecular complexity index is 842. The second-order valence-electron chi connectivity index (χ2n) is 5.76. The average molecular weight is 336 g/mol. The quantitative estimate of drug-likeness (QED) is 0.748. The molecule has 128 valence electrons. The van der Waals surface area contributed by atoms with Crippen LogP contribution in [0.25, 0.3) is 5.82 Å². The lowest BCUT2D eigenvalue weighted by atomic mass is 10.2. The first-order valence-corrected chi connectivity index (χ1v) is 8.01. The van der Waals surface area contributed by atoms with Crippen molar-refractivity contribution in [2.24, 2.45) is 0 Å². The molecule has 25 heavy (non-hydrogen) atoms. The molecule has 2 N–H and O–H groups in total. The average Bonchev–Trinajstić information content (AvgIpc) is 2.98. The highest BCUT2D eigenvalue weighted by Crippen LogP contribution is 2.10. The zero-order valence-electron chi connectivity index (χ0n) is 14.2. The molecule has 0 aliphatic heterocycles. The fourth-order valence-electron chi connectivity index (χ4n) is 2.44. The summed E-state index contributed by atoms with van der Waals surface area (Å²) in [4.78, 5) is 20.2. The number of hydrogen-bond acceptors (Lipinski definition) is 4. The van der Waals surface area contributed by atoms with Crippen molar-refractivity contribution in [3.8, 4) is 5.82 Å². The maximum atomic E-state index is 11.9. The number of urea groups is 1. The number of nitrogens with one attached hydrogen (secondary N) is 2. The molecule has 0 atom stereocenters. The van der Waals surface area contributed by atoms with Crippen LogP contribution >= 0.6 is 0 Å². The Kier molecular flexibility index (Phi) is 5.03. The molecule has 0 saturated carbocycles. The molecule has 3 aromatic heterocycles. The van der Waals surface area contributed by atoms with E-state index < -0.39 is 0 Å². The van der Waals surface area contributed by atoms with Crippen molar-refractivity contribution in [3.05, 3.63) is 71.4 Å². The summed E-state index contributed by atoms with van der Waals surface area (Å²) in [5.41, 5.74) is 3.91.